The third-order valence-electron chi connectivity index (χ3n) is 2.70. The number of nitrogens with zero attached hydrogens (tertiary/aromatic N) is 3. The molecule has 1 fully saturated rings. The first-order valence-electron chi connectivity index (χ1n) is 5.67. The predicted octanol–water partition coefficient (Wildman–Crippen LogP) is -1.69. The molecule has 1 saturated heterocycles. The standard InChI is InChI=1S/C10H16N4O4/c1-13-9(15)8(12-14(2)10(13)16)11-5-7-6-17-3-4-18-7/h7H,3-6H2,1-2H3,(H,11,12). The molecule has 1 aliphatic heterocycles. The molecule has 100 valence electrons. The lowest BCUT2D eigenvalue weighted by Gasteiger charge is -2.23. The maximum Gasteiger partial charge on any atom is 0.346 e. The molecule has 1 aromatic rings. The van der Waals surface area contributed by atoms with Gasteiger partial charge in [0, 0.05) is 20.6 Å². The minimum absolute atomic E-state index is 0.109. The summed E-state index contributed by atoms with van der Waals surface area (Å²) in [5.74, 6) is 0.133. The second-order valence-electron chi connectivity index (χ2n) is 4.07. The maximum absolute atomic E-state index is 11.8. The van der Waals surface area contributed by atoms with E-state index in [1.807, 2.05) is 0 Å². The molecule has 0 aromatic carbocycles. The molecule has 1 N–H and O–H groups in total. The first-order valence-corrected chi connectivity index (χ1v) is 5.67. The normalized spacial score (nSPS) is 19.8. The van der Waals surface area contributed by atoms with E-state index in [4.69, 9.17) is 9.47 Å². The summed E-state index contributed by atoms with van der Waals surface area (Å²) in [5, 5.41) is 6.76. The zero-order valence-corrected chi connectivity index (χ0v) is 10.4. The van der Waals surface area contributed by atoms with Crippen LogP contribution in [0.1, 0.15) is 0 Å². The molecule has 0 radical (unpaired) electrons. The number of anilines is 1. The highest BCUT2D eigenvalue weighted by Gasteiger charge is 2.15. The summed E-state index contributed by atoms with van der Waals surface area (Å²) in [7, 11) is 2.91. The molecular formula is C10H16N4O4. The summed E-state index contributed by atoms with van der Waals surface area (Å²) < 4.78 is 12.8. The largest absolute Gasteiger partial charge is 0.376 e. The first kappa shape index (κ1) is 12.8. The minimum atomic E-state index is -0.456. The average molecular weight is 256 g/mol. The van der Waals surface area contributed by atoms with E-state index in [9.17, 15) is 9.59 Å². The zero-order valence-electron chi connectivity index (χ0n) is 10.4. The lowest BCUT2D eigenvalue weighted by atomic mass is 10.3. The Bertz CT molecular complexity index is 530. The van der Waals surface area contributed by atoms with Crippen LogP contribution in [-0.2, 0) is 23.6 Å². The van der Waals surface area contributed by atoms with Crippen LogP contribution in [0.4, 0.5) is 5.82 Å². The Kier molecular flexibility index (Phi) is 3.78. The van der Waals surface area contributed by atoms with Crippen molar-refractivity contribution in [3.63, 3.8) is 0 Å². The molecule has 0 saturated carbocycles. The van der Waals surface area contributed by atoms with Crippen LogP contribution in [0.15, 0.2) is 9.59 Å². The molecule has 18 heavy (non-hydrogen) atoms. The number of hydrogen-bond acceptors (Lipinski definition) is 6. The SMILES string of the molecule is Cn1nc(NCC2COCCO2)c(=O)n(C)c1=O. The average Bonchev–Trinajstić information content (AvgIpc) is 2.40. The molecule has 8 heteroatoms. The zero-order chi connectivity index (χ0) is 13.1. The molecule has 1 unspecified atom stereocenters. The first-order chi connectivity index (χ1) is 8.59. The van der Waals surface area contributed by atoms with E-state index in [1.165, 1.54) is 14.1 Å². The molecule has 2 rings (SSSR count). The van der Waals surface area contributed by atoms with Crippen LogP contribution in [0, 0.1) is 0 Å². The van der Waals surface area contributed by atoms with Crippen molar-refractivity contribution in [2.75, 3.05) is 31.7 Å². The van der Waals surface area contributed by atoms with Crippen molar-refractivity contribution in [1.82, 2.24) is 14.3 Å². The van der Waals surface area contributed by atoms with Crippen LogP contribution in [0.3, 0.4) is 0 Å². The predicted molar refractivity (Wildman–Crippen MR) is 63.8 cm³/mol. The van der Waals surface area contributed by atoms with Gasteiger partial charge in [0.15, 0.2) is 0 Å². The summed E-state index contributed by atoms with van der Waals surface area (Å²) in [6, 6.07) is 0. The number of aryl methyl sites for hydroxylation is 1. The third-order valence-corrected chi connectivity index (χ3v) is 2.70. The van der Waals surface area contributed by atoms with Crippen molar-refractivity contribution in [3.05, 3.63) is 20.8 Å². The Labute approximate surface area is 103 Å². The smallest absolute Gasteiger partial charge is 0.346 e. The van der Waals surface area contributed by atoms with Crippen LogP contribution in [-0.4, -0.2) is 46.8 Å². The fourth-order valence-electron chi connectivity index (χ4n) is 1.67. The van der Waals surface area contributed by atoms with Crippen molar-refractivity contribution in [3.8, 4) is 0 Å². The van der Waals surface area contributed by atoms with Gasteiger partial charge in [-0.05, 0) is 0 Å². The number of ether oxygens (including phenoxy) is 2. The van der Waals surface area contributed by atoms with E-state index in [1.54, 1.807) is 0 Å². The van der Waals surface area contributed by atoms with Crippen LogP contribution < -0.4 is 16.6 Å². The van der Waals surface area contributed by atoms with Gasteiger partial charge in [-0.3, -0.25) is 9.36 Å². The molecule has 8 nitrogen and oxygen atoms in total. The van der Waals surface area contributed by atoms with Crippen LogP contribution >= 0.6 is 0 Å². The molecule has 0 spiro atoms. The second kappa shape index (κ2) is 5.32. The quantitative estimate of drug-likeness (QED) is 0.694. The van der Waals surface area contributed by atoms with Gasteiger partial charge in [-0.25, -0.2) is 9.48 Å². The number of rotatable bonds is 3. The monoisotopic (exact) mass is 256 g/mol. The van der Waals surface area contributed by atoms with Gasteiger partial charge in [-0.1, -0.05) is 0 Å². The minimum Gasteiger partial charge on any atom is -0.376 e. The van der Waals surface area contributed by atoms with E-state index in [2.05, 4.69) is 10.4 Å². The number of aromatic nitrogens is 3. The lowest BCUT2D eigenvalue weighted by molar-refractivity contribution is -0.0819. The maximum atomic E-state index is 11.8. The Morgan fingerprint density at radius 2 is 2.17 bits per heavy atom. The molecule has 2 heterocycles. The van der Waals surface area contributed by atoms with Crippen molar-refractivity contribution in [2.45, 2.75) is 6.10 Å². The molecule has 1 aliphatic rings. The fourth-order valence-corrected chi connectivity index (χ4v) is 1.67. The number of hydrogen-bond donors (Lipinski definition) is 1. The van der Waals surface area contributed by atoms with Crippen molar-refractivity contribution < 1.29 is 9.47 Å². The van der Waals surface area contributed by atoms with E-state index < -0.39 is 11.2 Å². The second-order valence-corrected chi connectivity index (χ2v) is 4.07. The Morgan fingerprint density at radius 1 is 1.39 bits per heavy atom. The van der Waals surface area contributed by atoms with Gasteiger partial charge in [-0.15, -0.1) is 5.10 Å². The van der Waals surface area contributed by atoms with Gasteiger partial charge in [0.25, 0.3) is 5.56 Å². The molecule has 0 bridgehead atoms. The van der Waals surface area contributed by atoms with E-state index in [0.29, 0.717) is 26.4 Å². The molecular weight excluding hydrogens is 240 g/mol. The Balaban J connectivity index is 2.10. The number of nitrogens with one attached hydrogen (secondary N) is 1. The lowest BCUT2D eigenvalue weighted by Crippen LogP contribution is -2.41. The summed E-state index contributed by atoms with van der Waals surface area (Å²) in [5.41, 5.74) is -0.905. The van der Waals surface area contributed by atoms with Gasteiger partial charge in [-0.2, -0.15) is 0 Å². The summed E-state index contributed by atoms with van der Waals surface area (Å²) in [4.78, 5) is 23.2. The van der Waals surface area contributed by atoms with Crippen molar-refractivity contribution in [1.29, 1.82) is 0 Å². The van der Waals surface area contributed by atoms with Crippen molar-refractivity contribution in [2.24, 2.45) is 14.1 Å². The Morgan fingerprint density at radius 3 is 2.83 bits per heavy atom. The Hall–Kier alpha value is -1.67. The molecule has 1 atom stereocenters. The third kappa shape index (κ3) is 2.59. The molecule has 0 aliphatic carbocycles. The molecule has 0 amide bonds. The fraction of sp³-hybridized carbons (Fsp3) is 0.700. The van der Waals surface area contributed by atoms with Gasteiger partial charge < -0.3 is 14.8 Å². The van der Waals surface area contributed by atoms with E-state index >= 15 is 0 Å². The topological polar surface area (TPSA) is 87.4 Å². The van der Waals surface area contributed by atoms with Crippen LogP contribution in [0.25, 0.3) is 0 Å². The van der Waals surface area contributed by atoms with Gasteiger partial charge in [0.1, 0.15) is 0 Å². The molecule has 1 aromatic heterocycles. The van der Waals surface area contributed by atoms with Crippen LogP contribution in [0.2, 0.25) is 0 Å². The highest BCUT2D eigenvalue weighted by Crippen LogP contribution is 2.01. The van der Waals surface area contributed by atoms with Crippen LogP contribution in [0.5, 0.6) is 0 Å². The highest BCUT2D eigenvalue weighted by atomic mass is 16.6. The van der Waals surface area contributed by atoms with Crippen molar-refractivity contribution >= 4 is 5.82 Å². The summed E-state index contributed by atoms with van der Waals surface area (Å²) in [6.07, 6.45) is -0.109. The summed E-state index contributed by atoms with van der Waals surface area (Å²) >= 11 is 0. The van der Waals surface area contributed by atoms with E-state index in [0.717, 1.165) is 9.25 Å². The van der Waals surface area contributed by atoms with Gasteiger partial charge in [0.2, 0.25) is 5.82 Å². The highest BCUT2D eigenvalue weighted by molar-refractivity contribution is 5.29. The summed E-state index contributed by atoms with van der Waals surface area (Å²) in [6.45, 7) is 2.04. The van der Waals surface area contributed by atoms with E-state index in [-0.39, 0.29) is 11.9 Å². The van der Waals surface area contributed by atoms with Gasteiger partial charge in [0.05, 0.1) is 25.9 Å². The van der Waals surface area contributed by atoms with Gasteiger partial charge >= 0.3 is 5.69 Å².